The van der Waals surface area contributed by atoms with Gasteiger partial charge >= 0.3 is 0 Å². The fraction of sp³-hybridized carbons (Fsp3) is 0.625. The summed E-state index contributed by atoms with van der Waals surface area (Å²) in [4.78, 5) is 2.37. The molecule has 3 heteroatoms. The van der Waals surface area contributed by atoms with Crippen molar-refractivity contribution in [2.75, 3.05) is 7.05 Å². The third kappa shape index (κ3) is 3.54. The van der Waals surface area contributed by atoms with Crippen molar-refractivity contribution < 1.29 is 4.39 Å². The van der Waals surface area contributed by atoms with Crippen molar-refractivity contribution in [2.24, 2.45) is 11.7 Å². The zero-order chi connectivity index (χ0) is 13.8. The predicted molar refractivity (Wildman–Crippen MR) is 77.2 cm³/mol. The van der Waals surface area contributed by atoms with Crippen LogP contribution in [0.25, 0.3) is 0 Å². The maximum absolute atomic E-state index is 13.4. The van der Waals surface area contributed by atoms with Gasteiger partial charge in [-0.15, -0.1) is 0 Å². The lowest BCUT2D eigenvalue weighted by atomic mass is 9.85. The van der Waals surface area contributed by atoms with Gasteiger partial charge in [-0.1, -0.05) is 25.8 Å². The van der Waals surface area contributed by atoms with Gasteiger partial charge in [0.15, 0.2) is 0 Å². The van der Waals surface area contributed by atoms with E-state index in [4.69, 9.17) is 5.73 Å². The molecule has 2 atom stereocenters. The average Bonchev–Trinajstić information content (AvgIpc) is 2.39. The molecule has 1 aliphatic carbocycles. The summed E-state index contributed by atoms with van der Waals surface area (Å²) < 4.78 is 13.4. The van der Waals surface area contributed by atoms with Crippen LogP contribution in [0.5, 0.6) is 0 Å². The van der Waals surface area contributed by atoms with Gasteiger partial charge in [0.25, 0.3) is 0 Å². The third-order valence-corrected chi connectivity index (χ3v) is 4.44. The molecule has 0 heterocycles. The number of rotatable bonds is 4. The lowest BCUT2D eigenvalue weighted by Crippen LogP contribution is -2.38. The highest BCUT2D eigenvalue weighted by Gasteiger charge is 2.25. The van der Waals surface area contributed by atoms with E-state index < -0.39 is 0 Å². The van der Waals surface area contributed by atoms with Crippen LogP contribution in [0.4, 0.5) is 4.39 Å². The lowest BCUT2D eigenvalue weighted by Gasteiger charge is -2.36. The Hall–Kier alpha value is -0.930. The van der Waals surface area contributed by atoms with Crippen LogP contribution in [-0.4, -0.2) is 18.0 Å². The Kier molecular flexibility index (Phi) is 4.94. The van der Waals surface area contributed by atoms with Gasteiger partial charge in [0.2, 0.25) is 0 Å². The van der Waals surface area contributed by atoms with Crippen molar-refractivity contribution in [3.63, 3.8) is 0 Å². The largest absolute Gasteiger partial charge is 0.326 e. The molecular weight excluding hydrogens is 239 g/mol. The normalized spacial score (nSPS) is 23.8. The summed E-state index contributed by atoms with van der Waals surface area (Å²) >= 11 is 0. The molecule has 0 bridgehead atoms. The first-order valence-electron chi connectivity index (χ1n) is 7.29. The minimum atomic E-state index is -0.169. The lowest BCUT2D eigenvalue weighted by molar-refractivity contribution is 0.133. The van der Waals surface area contributed by atoms with E-state index in [1.54, 1.807) is 6.07 Å². The van der Waals surface area contributed by atoms with Gasteiger partial charge < -0.3 is 5.73 Å². The minimum absolute atomic E-state index is 0.169. The van der Waals surface area contributed by atoms with Crippen LogP contribution in [0.3, 0.4) is 0 Å². The van der Waals surface area contributed by atoms with Crippen LogP contribution in [0.1, 0.15) is 43.7 Å². The summed E-state index contributed by atoms with van der Waals surface area (Å²) in [6, 6.07) is 5.55. The minimum Gasteiger partial charge on any atom is -0.326 e. The first kappa shape index (κ1) is 14.5. The third-order valence-electron chi connectivity index (χ3n) is 4.44. The zero-order valence-corrected chi connectivity index (χ0v) is 12.0. The molecule has 19 heavy (non-hydrogen) atoms. The van der Waals surface area contributed by atoms with Gasteiger partial charge in [0.1, 0.15) is 5.82 Å². The molecule has 0 aromatic heterocycles. The van der Waals surface area contributed by atoms with Gasteiger partial charge in [0, 0.05) is 19.1 Å². The molecule has 1 aromatic carbocycles. The molecule has 2 nitrogen and oxygen atoms in total. The van der Waals surface area contributed by atoms with Crippen molar-refractivity contribution in [1.29, 1.82) is 0 Å². The average molecular weight is 264 g/mol. The number of nitrogens with two attached hydrogens (primary N) is 1. The highest BCUT2D eigenvalue weighted by Crippen LogP contribution is 2.28. The number of nitrogens with zero attached hydrogens (tertiary/aromatic N) is 1. The second-order valence-corrected chi connectivity index (χ2v) is 5.86. The van der Waals surface area contributed by atoms with Crippen molar-refractivity contribution in [1.82, 2.24) is 4.90 Å². The summed E-state index contributed by atoms with van der Waals surface area (Å²) in [6.45, 7) is 3.60. The molecule has 0 amide bonds. The van der Waals surface area contributed by atoms with E-state index in [9.17, 15) is 4.39 Å². The Labute approximate surface area is 115 Å². The van der Waals surface area contributed by atoms with E-state index >= 15 is 0 Å². The molecule has 1 aliphatic rings. The van der Waals surface area contributed by atoms with E-state index in [-0.39, 0.29) is 5.82 Å². The molecule has 0 radical (unpaired) electrons. The summed E-state index contributed by atoms with van der Waals surface area (Å²) in [7, 11) is 2.15. The van der Waals surface area contributed by atoms with Crippen molar-refractivity contribution in [2.45, 2.75) is 51.7 Å². The quantitative estimate of drug-likeness (QED) is 0.904. The Balaban J connectivity index is 2.09. The molecule has 2 rings (SSSR count). The van der Waals surface area contributed by atoms with Crippen LogP contribution >= 0.6 is 0 Å². The maximum Gasteiger partial charge on any atom is 0.123 e. The van der Waals surface area contributed by atoms with Gasteiger partial charge in [-0.25, -0.2) is 4.39 Å². The maximum atomic E-state index is 13.4. The highest BCUT2D eigenvalue weighted by molar-refractivity contribution is 5.27. The second-order valence-electron chi connectivity index (χ2n) is 5.86. The van der Waals surface area contributed by atoms with E-state index in [2.05, 4.69) is 18.9 Å². The highest BCUT2D eigenvalue weighted by atomic mass is 19.1. The van der Waals surface area contributed by atoms with Crippen LogP contribution < -0.4 is 5.73 Å². The predicted octanol–water partition coefficient (Wildman–Crippen LogP) is 3.29. The number of halogens is 1. The fourth-order valence-electron chi connectivity index (χ4n) is 3.28. The molecule has 106 valence electrons. The second kappa shape index (κ2) is 6.49. The van der Waals surface area contributed by atoms with Crippen molar-refractivity contribution in [3.8, 4) is 0 Å². The first-order chi connectivity index (χ1) is 9.11. The van der Waals surface area contributed by atoms with Crippen LogP contribution in [0.15, 0.2) is 18.2 Å². The molecule has 2 unspecified atom stereocenters. The van der Waals surface area contributed by atoms with Gasteiger partial charge in [0.05, 0.1) is 0 Å². The molecule has 0 aliphatic heterocycles. The summed E-state index contributed by atoms with van der Waals surface area (Å²) in [5.74, 6) is 0.561. The van der Waals surface area contributed by atoms with E-state index in [1.807, 2.05) is 6.07 Å². The number of benzene rings is 1. The number of hydrogen-bond acceptors (Lipinski definition) is 2. The number of hydrogen-bond donors (Lipinski definition) is 1. The molecular formula is C16H25FN2. The molecule has 1 aromatic rings. The van der Waals surface area contributed by atoms with Gasteiger partial charge in [-0.2, -0.15) is 0 Å². The van der Waals surface area contributed by atoms with Crippen molar-refractivity contribution in [3.05, 3.63) is 35.1 Å². The Bertz CT molecular complexity index is 419. The SMILES string of the molecule is CC1CCCCC1N(C)Cc1cc(F)ccc1CN. The molecule has 2 N–H and O–H groups in total. The van der Waals surface area contributed by atoms with Gasteiger partial charge in [-0.3, -0.25) is 4.90 Å². The van der Waals surface area contributed by atoms with Gasteiger partial charge in [-0.05, 0) is 49.1 Å². The topological polar surface area (TPSA) is 29.3 Å². The Morgan fingerprint density at radius 3 is 2.68 bits per heavy atom. The first-order valence-corrected chi connectivity index (χ1v) is 7.29. The zero-order valence-electron chi connectivity index (χ0n) is 12.0. The molecule has 1 fully saturated rings. The van der Waals surface area contributed by atoms with E-state index in [1.165, 1.54) is 31.7 Å². The smallest absolute Gasteiger partial charge is 0.123 e. The molecule has 0 saturated heterocycles. The van der Waals surface area contributed by atoms with E-state index in [0.29, 0.717) is 12.6 Å². The Morgan fingerprint density at radius 1 is 1.26 bits per heavy atom. The van der Waals surface area contributed by atoms with Crippen LogP contribution in [0.2, 0.25) is 0 Å². The standard InChI is InChI=1S/C16H25FN2/c1-12-5-3-4-6-16(12)19(2)11-14-9-15(17)8-7-13(14)10-18/h7-9,12,16H,3-6,10-11,18H2,1-2H3. The van der Waals surface area contributed by atoms with Crippen LogP contribution in [0, 0.1) is 11.7 Å². The summed E-state index contributed by atoms with van der Waals surface area (Å²) in [5, 5.41) is 0. The summed E-state index contributed by atoms with van der Waals surface area (Å²) in [5.41, 5.74) is 7.82. The van der Waals surface area contributed by atoms with E-state index in [0.717, 1.165) is 23.6 Å². The van der Waals surface area contributed by atoms with Crippen molar-refractivity contribution >= 4 is 0 Å². The monoisotopic (exact) mass is 264 g/mol. The van der Waals surface area contributed by atoms with Crippen LogP contribution in [-0.2, 0) is 13.1 Å². The fourth-order valence-corrected chi connectivity index (χ4v) is 3.28. The molecule has 1 saturated carbocycles. The Morgan fingerprint density at radius 2 is 2.00 bits per heavy atom. The molecule has 0 spiro atoms. The summed E-state index contributed by atoms with van der Waals surface area (Å²) in [6.07, 6.45) is 5.22.